The number of thioether (sulfide) groups is 1. The van der Waals surface area contributed by atoms with E-state index in [1.165, 1.54) is 21.7 Å². The Morgan fingerprint density at radius 3 is 2.86 bits per heavy atom. The fourth-order valence-electron chi connectivity index (χ4n) is 3.08. The molecule has 0 radical (unpaired) electrons. The van der Waals surface area contributed by atoms with Crippen molar-refractivity contribution in [2.24, 2.45) is 7.05 Å². The number of hydrogen-bond donors (Lipinski definition) is 1. The maximum atomic E-state index is 11.2. The number of benzene rings is 2. The average molecular weight is 295 g/mol. The topological polar surface area (TPSA) is 42.2 Å². The molecule has 1 aliphatic rings. The smallest absolute Gasteiger partial charge is 0.335 e. The third-order valence-corrected chi connectivity index (χ3v) is 5.17. The normalized spacial score (nSPS) is 13.0. The van der Waals surface area contributed by atoms with Gasteiger partial charge in [-0.1, -0.05) is 18.2 Å². The Bertz CT molecular complexity index is 895. The second-order valence-electron chi connectivity index (χ2n) is 5.21. The van der Waals surface area contributed by atoms with Crippen molar-refractivity contribution in [2.75, 3.05) is 0 Å². The molecular weight excluding hydrogens is 282 g/mol. The molecule has 2 heterocycles. The lowest BCUT2D eigenvalue weighted by Crippen LogP contribution is -1.98. The van der Waals surface area contributed by atoms with Crippen molar-refractivity contribution in [3.8, 4) is 11.3 Å². The summed E-state index contributed by atoms with van der Waals surface area (Å²) < 4.78 is 2.18. The molecule has 0 aliphatic carbocycles. The van der Waals surface area contributed by atoms with E-state index in [9.17, 15) is 9.90 Å². The molecule has 1 N–H and O–H groups in total. The lowest BCUT2D eigenvalue weighted by atomic mass is 10.0. The highest BCUT2D eigenvalue weighted by molar-refractivity contribution is 7.98. The molecule has 0 fully saturated rings. The molecule has 2 aromatic carbocycles. The monoisotopic (exact) mass is 295 g/mol. The number of rotatable bonds is 1. The largest absolute Gasteiger partial charge is 0.478 e. The predicted octanol–water partition coefficient (Wildman–Crippen LogP) is 4.15. The van der Waals surface area contributed by atoms with Crippen LogP contribution in [0.25, 0.3) is 22.2 Å². The van der Waals surface area contributed by atoms with E-state index < -0.39 is 5.97 Å². The zero-order valence-electron chi connectivity index (χ0n) is 11.5. The molecule has 0 amide bonds. The van der Waals surface area contributed by atoms with Crippen LogP contribution in [0.4, 0.5) is 0 Å². The van der Waals surface area contributed by atoms with Crippen molar-refractivity contribution >= 4 is 28.6 Å². The van der Waals surface area contributed by atoms with Crippen molar-refractivity contribution in [1.82, 2.24) is 4.57 Å². The van der Waals surface area contributed by atoms with Crippen LogP contribution in [0.5, 0.6) is 0 Å². The first kappa shape index (κ1) is 12.5. The Morgan fingerprint density at radius 2 is 2.05 bits per heavy atom. The van der Waals surface area contributed by atoms with Crippen molar-refractivity contribution in [3.63, 3.8) is 0 Å². The van der Waals surface area contributed by atoms with E-state index in [0.717, 1.165) is 16.7 Å². The molecule has 4 rings (SSSR count). The number of carboxylic acid groups (broad SMARTS) is 1. The lowest BCUT2D eigenvalue weighted by Gasteiger charge is -2.17. The van der Waals surface area contributed by atoms with Gasteiger partial charge in [0.1, 0.15) is 0 Å². The molecule has 1 aromatic heterocycles. The third kappa shape index (κ3) is 1.72. The summed E-state index contributed by atoms with van der Waals surface area (Å²) >= 11 is 1.81. The highest BCUT2D eigenvalue weighted by atomic mass is 32.2. The number of fused-ring (bicyclic) bond motifs is 5. The summed E-state index contributed by atoms with van der Waals surface area (Å²) in [5.41, 5.74) is 5.11. The lowest BCUT2D eigenvalue weighted by molar-refractivity contribution is 0.0697. The van der Waals surface area contributed by atoms with E-state index in [1.54, 1.807) is 12.1 Å². The summed E-state index contributed by atoms with van der Waals surface area (Å²) in [4.78, 5) is 12.5. The first-order chi connectivity index (χ1) is 10.2. The summed E-state index contributed by atoms with van der Waals surface area (Å²) in [6, 6.07) is 13.8. The molecule has 4 heteroatoms. The molecule has 3 aromatic rings. The van der Waals surface area contributed by atoms with Crippen LogP contribution in [0.2, 0.25) is 0 Å². The van der Waals surface area contributed by atoms with Gasteiger partial charge in [-0.25, -0.2) is 4.79 Å². The SMILES string of the molecule is Cn1c2c(c3cc(C(=O)O)ccc31)CSc1ccccc1-2. The molecule has 21 heavy (non-hydrogen) atoms. The van der Waals surface area contributed by atoms with Gasteiger partial charge >= 0.3 is 5.97 Å². The summed E-state index contributed by atoms with van der Waals surface area (Å²) in [6.45, 7) is 0. The van der Waals surface area contributed by atoms with Gasteiger partial charge in [0.2, 0.25) is 0 Å². The Kier molecular flexibility index (Phi) is 2.62. The van der Waals surface area contributed by atoms with Gasteiger partial charge in [0.15, 0.2) is 0 Å². The van der Waals surface area contributed by atoms with Crippen LogP contribution in [0.3, 0.4) is 0 Å². The Balaban J connectivity index is 2.08. The van der Waals surface area contributed by atoms with Gasteiger partial charge in [0, 0.05) is 34.2 Å². The molecule has 0 bridgehead atoms. The van der Waals surface area contributed by atoms with E-state index in [2.05, 4.69) is 28.8 Å². The molecule has 0 spiro atoms. The molecule has 1 aliphatic heterocycles. The first-order valence-corrected chi connectivity index (χ1v) is 7.72. The predicted molar refractivity (Wildman–Crippen MR) is 84.9 cm³/mol. The summed E-state index contributed by atoms with van der Waals surface area (Å²) in [5, 5.41) is 10.3. The number of carbonyl (C=O) groups is 1. The minimum absolute atomic E-state index is 0.347. The zero-order valence-corrected chi connectivity index (χ0v) is 12.3. The van der Waals surface area contributed by atoms with Gasteiger partial charge in [-0.05, 0) is 29.8 Å². The molecule has 0 saturated heterocycles. The fraction of sp³-hybridized carbons (Fsp3) is 0.118. The summed E-state index contributed by atoms with van der Waals surface area (Å²) in [5.74, 6) is 0.00519. The van der Waals surface area contributed by atoms with Gasteiger partial charge in [-0.2, -0.15) is 0 Å². The number of carboxylic acids is 1. The first-order valence-electron chi connectivity index (χ1n) is 6.73. The fourth-order valence-corrected chi connectivity index (χ4v) is 4.17. The molecule has 104 valence electrons. The molecule has 0 atom stereocenters. The van der Waals surface area contributed by atoms with E-state index in [-0.39, 0.29) is 0 Å². The van der Waals surface area contributed by atoms with E-state index in [4.69, 9.17) is 0 Å². The Morgan fingerprint density at radius 1 is 1.24 bits per heavy atom. The van der Waals surface area contributed by atoms with E-state index in [0.29, 0.717) is 5.56 Å². The second kappa shape index (κ2) is 4.40. The zero-order chi connectivity index (χ0) is 14.6. The van der Waals surface area contributed by atoms with Crippen LogP contribution >= 0.6 is 11.8 Å². The van der Waals surface area contributed by atoms with Crippen molar-refractivity contribution in [1.29, 1.82) is 0 Å². The average Bonchev–Trinajstić information content (AvgIpc) is 2.80. The third-order valence-electron chi connectivity index (χ3n) is 4.07. The standard InChI is InChI=1S/C17H13NO2S/c1-18-14-7-6-10(17(19)20)8-12(14)13-9-21-15-5-3-2-4-11(15)16(13)18/h2-8H,9H2,1H3,(H,19,20). The van der Waals surface area contributed by atoms with Crippen LogP contribution in [-0.4, -0.2) is 15.6 Å². The van der Waals surface area contributed by atoms with Crippen LogP contribution in [0.1, 0.15) is 15.9 Å². The summed E-state index contributed by atoms with van der Waals surface area (Å²) in [6.07, 6.45) is 0. The maximum absolute atomic E-state index is 11.2. The number of aromatic nitrogens is 1. The molecule has 3 nitrogen and oxygen atoms in total. The molecular formula is C17H13NO2S. The van der Waals surface area contributed by atoms with Gasteiger partial charge in [-0.15, -0.1) is 11.8 Å². The Labute approximate surface area is 126 Å². The summed E-state index contributed by atoms with van der Waals surface area (Å²) in [7, 11) is 2.05. The quantitative estimate of drug-likeness (QED) is 0.733. The van der Waals surface area contributed by atoms with Gasteiger partial charge in [0.25, 0.3) is 0 Å². The van der Waals surface area contributed by atoms with E-state index >= 15 is 0 Å². The number of hydrogen-bond acceptors (Lipinski definition) is 2. The van der Waals surface area contributed by atoms with Crippen molar-refractivity contribution in [3.05, 3.63) is 53.6 Å². The number of nitrogens with zero attached hydrogens (tertiary/aromatic N) is 1. The minimum atomic E-state index is -0.877. The van der Waals surface area contributed by atoms with Crippen molar-refractivity contribution in [2.45, 2.75) is 10.6 Å². The Hall–Kier alpha value is -2.20. The van der Waals surface area contributed by atoms with E-state index in [1.807, 2.05) is 24.9 Å². The van der Waals surface area contributed by atoms with Crippen LogP contribution in [0.15, 0.2) is 47.4 Å². The number of aryl methyl sites for hydroxylation is 1. The van der Waals surface area contributed by atoms with Gasteiger partial charge in [0.05, 0.1) is 11.3 Å². The minimum Gasteiger partial charge on any atom is -0.478 e. The molecule has 0 unspecified atom stereocenters. The van der Waals surface area contributed by atoms with Gasteiger partial charge in [-0.3, -0.25) is 0 Å². The van der Waals surface area contributed by atoms with Gasteiger partial charge < -0.3 is 9.67 Å². The number of aromatic carboxylic acids is 1. The molecule has 0 saturated carbocycles. The maximum Gasteiger partial charge on any atom is 0.335 e. The van der Waals surface area contributed by atoms with Crippen LogP contribution < -0.4 is 0 Å². The highest BCUT2D eigenvalue weighted by Gasteiger charge is 2.23. The van der Waals surface area contributed by atoms with Crippen molar-refractivity contribution < 1.29 is 9.90 Å². The van der Waals surface area contributed by atoms with Crippen LogP contribution in [-0.2, 0) is 12.8 Å². The van der Waals surface area contributed by atoms with Crippen LogP contribution in [0, 0.1) is 0 Å². The second-order valence-corrected chi connectivity index (χ2v) is 6.23. The highest BCUT2D eigenvalue weighted by Crippen LogP contribution is 2.45.